The monoisotopic (exact) mass is 392 g/mol. The molecule has 5 nitrogen and oxygen atoms in total. The summed E-state index contributed by atoms with van der Waals surface area (Å²) in [6, 6.07) is 12.0. The van der Waals surface area contributed by atoms with E-state index in [4.69, 9.17) is 11.6 Å². The number of aliphatic imine (C=N–C) groups is 1. The van der Waals surface area contributed by atoms with Crippen molar-refractivity contribution in [1.29, 1.82) is 0 Å². The Labute approximate surface area is 164 Å². The summed E-state index contributed by atoms with van der Waals surface area (Å²) < 4.78 is 0. The Balaban J connectivity index is 1.85. The summed E-state index contributed by atoms with van der Waals surface area (Å²) >= 11 is 7.65. The molecule has 0 saturated carbocycles. The maximum Gasteiger partial charge on any atom is 0.243 e. The summed E-state index contributed by atoms with van der Waals surface area (Å²) in [5, 5.41) is 9.41. The highest BCUT2D eigenvalue weighted by atomic mass is 35.5. The van der Waals surface area contributed by atoms with Crippen molar-refractivity contribution in [3.63, 3.8) is 0 Å². The second-order valence-electron chi connectivity index (χ2n) is 6.01. The van der Waals surface area contributed by atoms with Crippen LogP contribution in [-0.4, -0.2) is 50.5 Å². The molecule has 0 fully saturated rings. The standard InChI is InChI=1S/C19H25ClN4OS/c1-24(2)18(25)14-23-19(22-12-10-17-4-3-13-26-17)21-11-9-15-5-7-16(20)8-6-15/h3-8,13H,9-12,14H2,1-2H3,(H2,21,22,23). The molecule has 2 aromatic rings. The van der Waals surface area contributed by atoms with Gasteiger partial charge in [0.15, 0.2) is 5.96 Å². The van der Waals surface area contributed by atoms with Crippen LogP contribution in [0, 0.1) is 0 Å². The lowest BCUT2D eigenvalue weighted by Crippen LogP contribution is -2.40. The van der Waals surface area contributed by atoms with Crippen LogP contribution in [0.3, 0.4) is 0 Å². The molecule has 26 heavy (non-hydrogen) atoms. The van der Waals surface area contributed by atoms with E-state index in [1.165, 1.54) is 10.4 Å². The fourth-order valence-corrected chi connectivity index (χ4v) is 3.03. The number of thiophene rings is 1. The van der Waals surface area contributed by atoms with Gasteiger partial charge in [-0.3, -0.25) is 4.79 Å². The zero-order valence-corrected chi connectivity index (χ0v) is 16.7. The van der Waals surface area contributed by atoms with Gasteiger partial charge in [-0.05, 0) is 42.0 Å². The van der Waals surface area contributed by atoms with Crippen LogP contribution < -0.4 is 10.6 Å². The Morgan fingerprint density at radius 3 is 2.42 bits per heavy atom. The van der Waals surface area contributed by atoms with E-state index in [1.807, 2.05) is 24.3 Å². The molecule has 0 aliphatic heterocycles. The third-order valence-corrected chi connectivity index (χ3v) is 4.92. The molecule has 7 heteroatoms. The number of amides is 1. The lowest BCUT2D eigenvalue weighted by atomic mass is 10.1. The predicted octanol–water partition coefficient (Wildman–Crippen LogP) is 2.81. The average molecular weight is 393 g/mol. The highest BCUT2D eigenvalue weighted by Crippen LogP contribution is 2.09. The van der Waals surface area contributed by atoms with Gasteiger partial charge in [0.05, 0.1) is 0 Å². The first-order valence-electron chi connectivity index (χ1n) is 8.54. The van der Waals surface area contributed by atoms with Crippen LogP contribution in [-0.2, 0) is 17.6 Å². The molecule has 0 bridgehead atoms. The van der Waals surface area contributed by atoms with Crippen molar-refractivity contribution in [1.82, 2.24) is 15.5 Å². The van der Waals surface area contributed by atoms with Gasteiger partial charge in [0.2, 0.25) is 5.91 Å². The molecule has 0 spiro atoms. The van der Waals surface area contributed by atoms with E-state index in [0.29, 0.717) is 5.96 Å². The van der Waals surface area contributed by atoms with Crippen LogP contribution in [0.2, 0.25) is 5.02 Å². The number of carbonyl (C=O) groups is 1. The van der Waals surface area contributed by atoms with Crippen LogP contribution in [0.4, 0.5) is 0 Å². The van der Waals surface area contributed by atoms with Crippen molar-refractivity contribution >= 4 is 34.8 Å². The van der Waals surface area contributed by atoms with E-state index in [2.05, 4.69) is 33.1 Å². The predicted molar refractivity (Wildman–Crippen MR) is 110 cm³/mol. The molecule has 0 atom stereocenters. The topological polar surface area (TPSA) is 56.7 Å². The fourth-order valence-electron chi connectivity index (χ4n) is 2.20. The van der Waals surface area contributed by atoms with Gasteiger partial charge in [-0.1, -0.05) is 29.8 Å². The van der Waals surface area contributed by atoms with Crippen molar-refractivity contribution in [2.45, 2.75) is 12.8 Å². The molecule has 1 aromatic carbocycles. The zero-order chi connectivity index (χ0) is 18.8. The lowest BCUT2D eigenvalue weighted by molar-refractivity contribution is -0.127. The first-order chi connectivity index (χ1) is 12.5. The van der Waals surface area contributed by atoms with E-state index >= 15 is 0 Å². The quantitative estimate of drug-likeness (QED) is 0.536. The first-order valence-corrected chi connectivity index (χ1v) is 9.79. The summed E-state index contributed by atoms with van der Waals surface area (Å²) in [6.07, 6.45) is 1.78. The van der Waals surface area contributed by atoms with Gasteiger partial charge in [-0.25, -0.2) is 4.99 Å². The lowest BCUT2D eigenvalue weighted by Gasteiger charge is -2.13. The highest BCUT2D eigenvalue weighted by Gasteiger charge is 2.05. The fraction of sp³-hybridized carbons (Fsp3) is 0.368. The van der Waals surface area contributed by atoms with Crippen molar-refractivity contribution in [2.75, 3.05) is 33.7 Å². The molecular formula is C19H25ClN4OS. The number of nitrogens with zero attached hydrogens (tertiary/aromatic N) is 2. The normalized spacial score (nSPS) is 11.3. The molecule has 0 aliphatic carbocycles. The van der Waals surface area contributed by atoms with Crippen LogP contribution in [0.5, 0.6) is 0 Å². The van der Waals surface area contributed by atoms with Crippen molar-refractivity contribution in [3.8, 4) is 0 Å². The molecule has 1 aromatic heterocycles. The summed E-state index contributed by atoms with van der Waals surface area (Å²) in [7, 11) is 3.46. The van der Waals surface area contributed by atoms with Crippen molar-refractivity contribution in [2.24, 2.45) is 4.99 Å². The van der Waals surface area contributed by atoms with Gasteiger partial charge >= 0.3 is 0 Å². The number of rotatable bonds is 8. The van der Waals surface area contributed by atoms with Crippen molar-refractivity contribution < 1.29 is 4.79 Å². The average Bonchev–Trinajstić information content (AvgIpc) is 3.14. The molecular weight excluding hydrogens is 368 g/mol. The Morgan fingerprint density at radius 2 is 1.81 bits per heavy atom. The number of carbonyl (C=O) groups excluding carboxylic acids is 1. The van der Waals surface area contributed by atoms with Crippen molar-refractivity contribution in [3.05, 3.63) is 57.2 Å². The summed E-state index contributed by atoms with van der Waals surface area (Å²) in [5.74, 6) is 0.632. The van der Waals surface area contributed by atoms with Gasteiger partial charge in [0.1, 0.15) is 6.54 Å². The third kappa shape index (κ3) is 7.45. The molecule has 0 radical (unpaired) electrons. The van der Waals surface area contributed by atoms with Gasteiger partial charge in [-0.15, -0.1) is 11.3 Å². The van der Waals surface area contributed by atoms with Crippen LogP contribution in [0.1, 0.15) is 10.4 Å². The minimum Gasteiger partial charge on any atom is -0.356 e. The second kappa shape index (κ2) is 10.8. The number of likely N-dealkylation sites (N-methyl/N-ethyl adjacent to an activating group) is 1. The molecule has 1 amide bonds. The minimum absolute atomic E-state index is 0.0259. The Hall–Kier alpha value is -2.05. The van der Waals surface area contributed by atoms with Crippen LogP contribution in [0.25, 0.3) is 0 Å². The highest BCUT2D eigenvalue weighted by molar-refractivity contribution is 7.09. The second-order valence-corrected chi connectivity index (χ2v) is 7.48. The van der Waals surface area contributed by atoms with E-state index in [-0.39, 0.29) is 12.5 Å². The number of nitrogens with one attached hydrogen (secondary N) is 2. The number of hydrogen-bond donors (Lipinski definition) is 2. The largest absolute Gasteiger partial charge is 0.356 e. The summed E-state index contributed by atoms with van der Waals surface area (Å²) in [5.41, 5.74) is 1.20. The maximum absolute atomic E-state index is 11.8. The SMILES string of the molecule is CN(C)C(=O)CN=C(NCCc1ccc(Cl)cc1)NCCc1cccs1. The maximum atomic E-state index is 11.8. The Morgan fingerprint density at radius 1 is 1.12 bits per heavy atom. The molecule has 1 heterocycles. The number of benzene rings is 1. The van der Waals surface area contributed by atoms with E-state index < -0.39 is 0 Å². The van der Waals surface area contributed by atoms with Gasteiger partial charge in [0.25, 0.3) is 0 Å². The summed E-state index contributed by atoms with van der Waals surface area (Å²) in [4.78, 5) is 19.0. The smallest absolute Gasteiger partial charge is 0.243 e. The Kier molecular flexibility index (Phi) is 8.44. The molecule has 140 valence electrons. The Bertz CT molecular complexity index is 699. The number of halogens is 1. The van der Waals surface area contributed by atoms with E-state index in [1.54, 1.807) is 30.3 Å². The number of hydrogen-bond acceptors (Lipinski definition) is 3. The van der Waals surface area contributed by atoms with Crippen LogP contribution in [0.15, 0.2) is 46.8 Å². The van der Waals surface area contributed by atoms with Gasteiger partial charge in [-0.2, -0.15) is 0 Å². The number of guanidine groups is 1. The zero-order valence-electron chi connectivity index (χ0n) is 15.2. The summed E-state index contributed by atoms with van der Waals surface area (Å²) in [6.45, 7) is 1.62. The third-order valence-electron chi connectivity index (χ3n) is 3.73. The molecule has 0 aliphatic rings. The molecule has 0 unspecified atom stereocenters. The molecule has 2 rings (SSSR count). The van der Waals surface area contributed by atoms with E-state index in [0.717, 1.165) is 31.0 Å². The van der Waals surface area contributed by atoms with Crippen LogP contribution >= 0.6 is 22.9 Å². The molecule has 0 saturated heterocycles. The van der Waals surface area contributed by atoms with Gasteiger partial charge < -0.3 is 15.5 Å². The molecule has 2 N–H and O–H groups in total. The minimum atomic E-state index is -0.0259. The van der Waals surface area contributed by atoms with E-state index in [9.17, 15) is 4.79 Å². The first kappa shape index (κ1) is 20.3. The van der Waals surface area contributed by atoms with Gasteiger partial charge in [0, 0.05) is 37.1 Å².